The molecule has 5 heteroatoms. The number of hydrogen-bond donors (Lipinski definition) is 1. The Morgan fingerprint density at radius 2 is 2.24 bits per heavy atom. The van der Waals surface area contributed by atoms with Crippen molar-refractivity contribution in [2.45, 2.75) is 25.5 Å². The number of aliphatic hydroxyl groups excluding tert-OH is 1. The van der Waals surface area contributed by atoms with E-state index in [4.69, 9.17) is 14.7 Å². The molecule has 1 N–H and O–H groups in total. The highest BCUT2D eigenvalue weighted by atomic mass is 16.5. The van der Waals surface area contributed by atoms with Crippen molar-refractivity contribution in [3.63, 3.8) is 0 Å². The Balaban J connectivity index is 1.87. The molecule has 0 saturated carbocycles. The quantitative estimate of drug-likeness (QED) is 0.888. The summed E-state index contributed by atoms with van der Waals surface area (Å²) in [6.07, 6.45) is -0.603. The fourth-order valence-corrected chi connectivity index (χ4v) is 2.41. The lowest BCUT2D eigenvalue weighted by atomic mass is 10.0. The highest BCUT2D eigenvalue weighted by Gasteiger charge is 2.31. The highest BCUT2D eigenvalue weighted by Crippen LogP contribution is 2.20. The molecule has 0 radical (unpaired) electrons. The molecule has 1 atom stereocenters. The summed E-state index contributed by atoms with van der Waals surface area (Å²) in [6.45, 7) is 7.07. The van der Waals surface area contributed by atoms with E-state index in [9.17, 15) is 5.11 Å². The minimum atomic E-state index is -0.603. The molecule has 0 aromatic heterocycles. The van der Waals surface area contributed by atoms with Crippen molar-refractivity contribution < 1.29 is 14.6 Å². The Morgan fingerprint density at radius 1 is 1.48 bits per heavy atom. The molecule has 0 aliphatic carbocycles. The number of nitriles is 1. The van der Waals surface area contributed by atoms with Gasteiger partial charge in [0.15, 0.2) is 0 Å². The van der Waals surface area contributed by atoms with E-state index in [0.717, 1.165) is 6.54 Å². The minimum Gasteiger partial charge on any atom is -0.489 e. The van der Waals surface area contributed by atoms with Gasteiger partial charge in [-0.1, -0.05) is 12.1 Å². The van der Waals surface area contributed by atoms with Crippen molar-refractivity contribution in [1.29, 1.82) is 5.26 Å². The van der Waals surface area contributed by atoms with Crippen molar-refractivity contribution in [1.82, 2.24) is 4.90 Å². The van der Waals surface area contributed by atoms with Gasteiger partial charge in [-0.25, -0.2) is 0 Å². The number of morpholine rings is 1. The second-order valence-electron chi connectivity index (χ2n) is 5.88. The van der Waals surface area contributed by atoms with E-state index in [1.807, 2.05) is 6.07 Å². The second kappa shape index (κ2) is 6.90. The molecule has 0 amide bonds. The minimum absolute atomic E-state index is 0.0796. The fraction of sp³-hybridized carbons (Fsp3) is 0.562. The monoisotopic (exact) mass is 290 g/mol. The highest BCUT2D eigenvalue weighted by molar-refractivity contribution is 5.42. The summed E-state index contributed by atoms with van der Waals surface area (Å²) in [5.41, 5.74) is 0.403. The van der Waals surface area contributed by atoms with Crippen molar-refractivity contribution in [2.24, 2.45) is 0 Å². The van der Waals surface area contributed by atoms with Crippen LogP contribution in [-0.4, -0.2) is 54.6 Å². The summed E-state index contributed by atoms with van der Waals surface area (Å²) in [7, 11) is 0. The molecular weight excluding hydrogens is 268 g/mol. The SMILES string of the molecule is CC1(C)COCCN1CC(O)COc1ccccc1C#N. The van der Waals surface area contributed by atoms with Crippen molar-refractivity contribution in [3.8, 4) is 11.8 Å². The molecule has 1 aromatic carbocycles. The number of para-hydroxylation sites is 1. The summed E-state index contributed by atoms with van der Waals surface area (Å²) in [5.74, 6) is 0.514. The number of hydrogen-bond acceptors (Lipinski definition) is 5. The number of β-amino-alcohol motifs (C(OH)–C–C–N with tert-alkyl or cyclic N) is 1. The molecule has 0 spiro atoms. The lowest BCUT2D eigenvalue weighted by Gasteiger charge is -2.42. The van der Waals surface area contributed by atoms with Gasteiger partial charge in [0.2, 0.25) is 0 Å². The molecule has 2 rings (SSSR count). The zero-order valence-corrected chi connectivity index (χ0v) is 12.6. The largest absolute Gasteiger partial charge is 0.489 e. The molecule has 1 aromatic rings. The molecule has 1 aliphatic heterocycles. The van der Waals surface area contributed by atoms with E-state index in [1.54, 1.807) is 18.2 Å². The average molecular weight is 290 g/mol. The van der Waals surface area contributed by atoms with Gasteiger partial charge in [-0.2, -0.15) is 5.26 Å². The third-order valence-electron chi connectivity index (χ3n) is 3.69. The summed E-state index contributed by atoms with van der Waals surface area (Å²) in [6, 6.07) is 9.12. The van der Waals surface area contributed by atoms with Crippen molar-refractivity contribution in [2.75, 3.05) is 32.9 Å². The maximum Gasteiger partial charge on any atom is 0.137 e. The molecule has 5 nitrogen and oxygen atoms in total. The number of ether oxygens (including phenoxy) is 2. The normalized spacial score (nSPS) is 19.7. The molecule has 1 fully saturated rings. The zero-order chi connectivity index (χ0) is 15.3. The molecule has 1 heterocycles. The Labute approximate surface area is 125 Å². The maximum absolute atomic E-state index is 10.2. The smallest absolute Gasteiger partial charge is 0.137 e. The van der Waals surface area contributed by atoms with Crippen LogP contribution in [-0.2, 0) is 4.74 Å². The van der Waals surface area contributed by atoms with E-state index in [-0.39, 0.29) is 12.1 Å². The first kappa shape index (κ1) is 15.8. The predicted octanol–water partition coefficient (Wildman–Crippen LogP) is 1.41. The van der Waals surface area contributed by atoms with Crippen LogP contribution in [0.1, 0.15) is 19.4 Å². The van der Waals surface area contributed by atoms with Crippen molar-refractivity contribution in [3.05, 3.63) is 29.8 Å². The molecular formula is C16H22N2O3. The van der Waals surface area contributed by atoms with Crippen LogP contribution in [0.5, 0.6) is 5.75 Å². The van der Waals surface area contributed by atoms with Crippen LogP contribution in [0.15, 0.2) is 24.3 Å². The Morgan fingerprint density at radius 3 is 2.95 bits per heavy atom. The summed E-state index contributed by atoms with van der Waals surface area (Å²) >= 11 is 0. The first-order valence-corrected chi connectivity index (χ1v) is 7.16. The van der Waals surface area contributed by atoms with E-state index in [1.165, 1.54) is 0 Å². The standard InChI is InChI=1S/C16H22N2O3/c1-16(2)12-20-8-7-18(16)10-14(19)11-21-15-6-4-3-5-13(15)9-17/h3-6,14,19H,7-8,10-12H2,1-2H3. The van der Waals surface area contributed by atoms with Gasteiger partial charge in [0, 0.05) is 18.6 Å². The van der Waals surface area contributed by atoms with E-state index in [2.05, 4.69) is 24.8 Å². The van der Waals surface area contributed by atoms with Crippen LogP contribution in [0, 0.1) is 11.3 Å². The van der Waals surface area contributed by atoms with Gasteiger partial charge in [-0.15, -0.1) is 0 Å². The zero-order valence-electron chi connectivity index (χ0n) is 12.6. The molecule has 1 aliphatic rings. The average Bonchev–Trinajstić information content (AvgIpc) is 2.47. The Hall–Kier alpha value is -1.61. The van der Waals surface area contributed by atoms with Gasteiger partial charge < -0.3 is 14.6 Å². The van der Waals surface area contributed by atoms with E-state index < -0.39 is 6.10 Å². The van der Waals surface area contributed by atoms with Crippen LogP contribution in [0.4, 0.5) is 0 Å². The van der Waals surface area contributed by atoms with Gasteiger partial charge in [0.05, 0.1) is 18.8 Å². The Bertz CT molecular complexity index is 510. The van der Waals surface area contributed by atoms with Crippen molar-refractivity contribution >= 4 is 0 Å². The molecule has 21 heavy (non-hydrogen) atoms. The van der Waals surface area contributed by atoms with Crippen LogP contribution in [0.3, 0.4) is 0 Å². The van der Waals surface area contributed by atoms with Gasteiger partial charge in [-0.3, -0.25) is 4.90 Å². The fourth-order valence-electron chi connectivity index (χ4n) is 2.41. The van der Waals surface area contributed by atoms with E-state index >= 15 is 0 Å². The third-order valence-corrected chi connectivity index (χ3v) is 3.69. The van der Waals surface area contributed by atoms with Gasteiger partial charge in [-0.05, 0) is 26.0 Å². The topological polar surface area (TPSA) is 65.7 Å². The number of rotatable bonds is 5. The van der Waals surface area contributed by atoms with Crippen LogP contribution in [0.2, 0.25) is 0 Å². The maximum atomic E-state index is 10.2. The third kappa shape index (κ3) is 4.18. The van der Waals surface area contributed by atoms with Gasteiger partial charge in [0.25, 0.3) is 0 Å². The van der Waals surface area contributed by atoms with Crippen LogP contribution in [0.25, 0.3) is 0 Å². The first-order chi connectivity index (χ1) is 10.0. The lowest BCUT2D eigenvalue weighted by molar-refractivity contribution is -0.0703. The Kier molecular flexibility index (Phi) is 5.18. The summed E-state index contributed by atoms with van der Waals surface area (Å²) in [5, 5.41) is 19.2. The first-order valence-electron chi connectivity index (χ1n) is 7.16. The number of benzene rings is 1. The summed E-state index contributed by atoms with van der Waals surface area (Å²) in [4.78, 5) is 2.21. The molecule has 1 unspecified atom stereocenters. The van der Waals surface area contributed by atoms with Crippen LogP contribution < -0.4 is 4.74 Å². The van der Waals surface area contributed by atoms with Gasteiger partial charge >= 0.3 is 0 Å². The lowest BCUT2D eigenvalue weighted by Crippen LogP contribution is -2.55. The molecule has 1 saturated heterocycles. The van der Waals surface area contributed by atoms with E-state index in [0.29, 0.717) is 31.1 Å². The molecule has 0 bridgehead atoms. The number of aliphatic hydroxyl groups is 1. The van der Waals surface area contributed by atoms with Gasteiger partial charge in [0.1, 0.15) is 24.5 Å². The predicted molar refractivity (Wildman–Crippen MR) is 79.1 cm³/mol. The summed E-state index contributed by atoms with van der Waals surface area (Å²) < 4.78 is 11.0. The van der Waals surface area contributed by atoms with Crippen LogP contribution >= 0.6 is 0 Å². The molecule has 114 valence electrons. The number of nitrogens with zero attached hydrogens (tertiary/aromatic N) is 2. The second-order valence-corrected chi connectivity index (χ2v) is 5.88.